The third-order valence-corrected chi connectivity index (χ3v) is 2.84. The number of nitrogens with one attached hydrogen (secondary N) is 1. The molecule has 0 spiro atoms. The van der Waals surface area contributed by atoms with Gasteiger partial charge in [0, 0.05) is 12.4 Å². The van der Waals surface area contributed by atoms with Crippen molar-refractivity contribution in [3.63, 3.8) is 0 Å². The molecule has 20 heavy (non-hydrogen) atoms. The molecule has 2 rings (SSSR count). The van der Waals surface area contributed by atoms with Gasteiger partial charge in [0.2, 0.25) is 0 Å². The summed E-state index contributed by atoms with van der Waals surface area (Å²) in [4.78, 5) is 15.9. The average Bonchev–Trinajstić information content (AvgIpc) is 2.43. The maximum Gasteiger partial charge on any atom is 0.254 e. The van der Waals surface area contributed by atoms with Crippen LogP contribution in [0, 0.1) is 11.6 Å². The van der Waals surface area contributed by atoms with Crippen LogP contribution in [0.1, 0.15) is 28.9 Å². The summed E-state index contributed by atoms with van der Waals surface area (Å²) < 4.78 is 26.9. The van der Waals surface area contributed by atoms with Crippen LogP contribution in [0.2, 0.25) is 0 Å². The second-order valence-corrected chi connectivity index (χ2v) is 4.34. The maximum atomic E-state index is 13.7. The van der Waals surface area contributed by atoms with Gasteiger partial charge in [-0.2, -0.15) is 0 Å². The lowest BCUT2D eigenvalue weighted by Crippen LogP contribution is -2.28. The van der Waals surface area contributed by atoms with E-state index in [1.165, 1.54) is 0 Å². The van der Waals surface area contributed by atoms with Crippen LogP contribution in [-0.4, -0.2) is 10.9 Å². The zero-order chi connectivity index (χ0) is 14.7. The van der Waals surface area contributed by atoms with Gasteiger partial charge in [-0.3, -0.25) is 9.78 Å². The van der Waals surface area contributed by atoms with E-state index in [-0.39, 0.29) is 6.04 Å². The van der Waals surface area contributed by atoms with Crippen molar-refractivity contribution in [2.75, 3.05) is 5.73 Å². The Morgan fingerprint density at radius 1 is 1.40 bits per heavy atom. The van der Waals surface area contributed by atoms with E-state index in [9.17, 15) is 13.6 Å². The van der Waals surface area contributed by atoms with E-state index in [2.05, 4.69) is 10.3 Å². The first kappa shape index (κ1) is 13.9. The fraction of sp³-hybridized carbons (Fsp3) is 0.143. The molecule has 1 atom stereocenters. The molecular weight excluding hydrogens is 264 g/mol. The van der Waals surface area contributed by atoms with Crippen molar-refractivity contribution in [2.24, 2.45) is 0 Å². The topological polar surface area (TPSA) is 68.0 Å². The third-order valence-electron chi connectivity index (χ3n) is 2.84. The van der Waals surface area contributed by atoms with Crippen molar-refractivity contribution in [3.8, 4) is 0 Å². The summed E-state index contributed by atoms with van der Waals surface area (Å²) in [5.41, 5.74) is 5.23. The number of rotatable bonds is 3. The average molecular weight is 277 g/mol. The van der Waals surface area contributed by atoms with Crippen LogP contribution in [0.4, 0.5) is 14.5 Å². The number of amides is 1. The van der Waals surface area contributed by atoms with Crippen LogP contribution in [0.5, 0.6) is 0 Å². The number of hydrogen-bond donors (Lipinski definition) is 2. The number of pyridine rings is 1. The number of nitrogen functional groups attached to an aromatic ring is 1. The highest BCUT2D eigenvalue weighted by Crippen LogP contribution is 2.19. The molecule has 0 aliphatic heterocycles. The van der Waals surface area contributed by atoms with Crippen molar-refractivity contribution in [2.45, 2.75) is 13.0 Å². The number of anilines is 1. The number of hydrogen-bond acceptors (Lipinski definition) is 3. The Kier molecular flexibility index (Phi) is 3.93. The molecule has 3 N–H and O–H groups in total. The molecule has 1 heterocycles. The van der Waals surface area contributed by atoms with Crippen molar-refractivity contribution in [3.05, 3.63) is 59.4 Å². The van der Waals surface area contributed by atoms with Crippen molar-refractivity contribution < 1.29 is 13.6 Å². The summed E-state index contributed by atoms with van der Waals surface area (Å²) in [6.07, 6.45) is 3.19. The van der Waals surface area contributed by atoms with Gasteiger partial charge in [0.15, 0.2) is 5.82 Å². The Morgan fingerprint density at radius 3 is 2.80 bits per heavy atom. The SMILES string of the molecule is CC(NC(=O)c1cc(F)cc(N)c1F)c1cccnc1. The molecule has 0 radical (unpaired) electrons. The predicted molar refractivity (Wildman–Crippen MR) is 70.9 cm³/mol. The molecule has 0 aliphatic carbocycles. The number of carbonyl (C=O) groups is 1. The molecule has 1 aromatic carbocycles. The number of benzene rings is 1. The van der Waals surface area contributed by atoms with Crippen molar-refractivity contribution in [1.29, 1.82) is 0 Å². The highest BCUT2D eigenvalue weighted by Gasteiger charge is 2.18. The third kappa shape index (κ3) is 2.90. The van der Waals surface area contributed by atoms with E-state index < -0.39 is 28.8 Å². The zero-order valence-electron chi connectivity index (χ0n) is 10.7. The Morgan fingerprint density at radius 2 is 2.15 bits per heavy atom. The summed E-state index contributed by atoms with van der Waals surface area (Å²) in [6, 6.07) is 4.75. The molecule has 104 valence electrons. The van der Waals surface area contributed by atoms with Gasteiger partial charge in [-0.25, -0.2) is 8.78 Å². The molecule has 0 bridgehead atoms. The fourth-order valence-corrected chi connectivity index (χ4v) is 1.77. The summed E-state index contributed by atoms with van der Waals surface area (Å²) in [5.74, 6) is -2.42. The van der Waals surface area contributed by atoms with Gasteiger partial charge in [0.1, 0.15) is 5.82 Å². The van der Waals surface area contributed by atoms with E-state index in [0.717, 1.165) is 17.7 Å². The first-order valence-corrected chi connectivity index (χ1v) is 5.94. The number of halogens is 2. The molecule has 1 unspecified atom stereocenters. The molecule has 0 fully saturated rings. The Hall–Kier alpha value is -2.50. The molecular formula is C14H13F2N3O. The Labute approximate surface area is 114 Å². The van der Waals surface area contributed by atoms with Crippen molar-refractivity contribution in [1.82, 2.24) is 10.3 Å². The predicted octanol–water partition coefficient (Wildman–Crippen LogP) is 2.43. The van der Waals surface area contributed by atoms with E-state index in [1.54, 1.807) is 31.5 Å². The van der Waals surface area contributed by atoms with Crippen LogP contribution in [0.25, 0.3) is 0 Å². The molecule has 6 heteroatoms. The van der Waals surface area contributed by atoms with Crippen LogP contribution < -0.4 is 11.1 Å². The van der Waals surface area contributed by atoms with E-state index in [1.807, 2.05) is 0 Å². The van der Waals surface area contributed by atoms with Gasteiger partial charge in [-0.05, 0) is 30.7 Å². The number of nitrogens with two attached hydrogens (primary N) is 1. The normalized spacial score (nSPS) is 11.9. The zero-order valence-corrected chi connectivity index (χ0v) is 10.7. The van der Waals surface area contributed by atoms with Crippen LogP contribution in [0.15, 0.2) is 36.7 Å². The molecule has 0 saturated heterocycles. The monoisotopic (exact) mass is 277 g/mol. The van der Waals surface area contributed by atoms with Gasteiger partial charge in [-0.15, -0.1) is 0 Å². The first-order valence-electron chi connectivity index (χ1n) is 5.94. The second kappa shape index (κ2) is 5.64. The van der Waals surface area contributed by atoms with Gasteiger partial charge >= 0.3 is 0 Å². The lowest BCUT2D eigenvalue weighted by molar-refractivity contribution is 0.0935. The summed E-state index contributed by atoms with van der Waals surface area (Å²) in [7, 11) is 0. The van der Waals surface area contributed by atoms with Crippen LogP contribution in [-0.2, 0) is 0 Å². The summed E-state index contributed by atoms with van der Waals surface area (Å²) >= 11 is 0. The Bertz CT molecular complexity index is 632. The van der Waals surface area contributed by atoms with Gasteiger partial charge in [0.05, 0.1) is 17.3 Å². The van der Waals surface area contributed by atoms with E-state index in [0.29, 0.717) is 0 Å². The molecule has 2 aromatic rings. The van der Waals surface area contributed by atoms with E-state index >= 15 is 0 Å². The number of nitrogens with zero attached hydrogens (tertiary/aromatic N) is 1. The minimum Gasteiger partial charge on any atom is -0.396 e. The smallest absolute Gasteiger partial charge is 0.254 e. The minimum atomic E-state index is -0.928. The van der Waals surface area contributed by atoms with Gasteiger partial charge < -0.3 is 11.1 Å². The molecule has 4 nitrogen and oxygen atoms in total. The van der Waals surface area contributed by atoms with Crippen LogP contribution >= 0.6 is 0 Å². The number of aromatic nitrogens is 1. The van der Waals surface area contributed by atoms with Gasteiger partial charge in [-0.1, -0.05) is 6.07 Å². The molecule has 0 saturated carbocycles. The quantitative estimate of drug-likeness (QED) is 0.847. The molecule has 1 aromatic heterocycles. The fourth-order valence-electron chi connectivity index (χ4n) is 1.77. The maximum absolute atomic E-state index is 13.7. The van der Waals surface area contributed by atoms with Crippen LogP contribution in [0.3, 0.4) is 0 Å². The second-order valence-electron chi connectivity index (χ2n) is 4.34. The first-order chi connectivity index (χ1) is 9.49. The lowest BCUT2D eigenvalue weighted by Gasteiger charge is -2.14. The lowest BCUT2D eigenvalue weighted by atomic mass is 10.1. The number of carbonyl (C=O) groups excluding carboxylic acids is 1. The molecule has 1 amide bonds. The summed E-state index contributed by atoms with van der Waals surface area (Å²) in [6.45, 7) is 1.72. The Balaban J connectivity index is 2.21. The van der Waals surface area contributed by atoms with Crippen molar-refractivity contribution >= 4 is 11.6 Å². The van der Waals surface area contributed by atoms with E-state index in [4.69, 9.17) is 5.73 Å². The minimum absolute atomic E-state index is 0.389. The highest BCUT2D eigenvalue weighted by molar-refractivity contribution is 5.95. The summed E-state index contributed by atoms with van der Waals surface area (Å²) in [5, 5.41) is 2.57. The molecule has 0 aliphatic rings. The largest absolute Gasteiger partial charge is 0.396 e. The highest BCUT2D eigenvalue weighted by atomic mass is 19.1. The van der Waals surface area contributed by atoms with Gasteiger partial charge in [0.25, 0.3) is 5.91 Å². The standard InChI is InChI=1S/C14H13F2N3O/c1-8(9-3-2-4-18-7-9)19-14(20)11-5-10(15)6-12(17)13(11)16/h2-8H,17H2,1H3,(H,19,20).